The van der Waals surface area contributed by atoms with E-state index in [1.807, 2.05) is 6.07 Å². The SMILES string of the molecule is CC1OCCC1CNCC1Cc2ccccc2O1. The van der Waals surface area contributed by atoms with Crippen LogP contribution in [-0.4, -0.2) is 31.9 Å². The van der Waals surface area contributed by atoms with Gasteiger partial charge in [0, 0.05) is 26.1 Å². The molecular formula is C15H21NO2. The zero-order chi connectivity index (χ0) is 12.4. The van der Waals surface area contributed by atoms with Crippen LogP contribution >= 0.6 is 0 Å². The van der Waals surface area contributed by atoms with Crippen LogP contribution < -0.4 is 10.1 Å². The van der Waals surface area contributed by atoms with Crippen molar-refractivity contribution in [2.24, 2.45) is 5.92 Å². The molecule has 1 fully saturated rings. The van der Waals surface area contributed by atoms with Crippen molar-refractivity contribution in [1.82, 2.24) is 5.32 Å². The molecule has 18 heavy (non-hydrogen) atoms. The molecule has 0 radical (unpaired) electrons. The Morgan fingerprint density at radius 1 is 1.28 bits per heavy atom. The highest BCUT2D eigenvalue weighted by Gasteiger charge is 2.25. The van der Waals surface area contributed by atoms with E-state index in [4.69, 9.17) is 9.47 Å². The van der Waals surface area contributed by atoms with Crippen LogP contribution in [-0.2, 0) is 11.2 Å². The maximum absolute atomic E-state index is 5.90. The molecule has 2 aliphatic heterocycles. The number of fused-ring (bicyclic) bond motifs is 1. The third kappa shape index (κ3) is 2.52. The van der Waals surface area contributed by atoms with Gasteiger partial charge in [-0.15, -0.1) is 0 Å². The molecule has 1 aromatic rings. The van der Waals surface area contributed by atoms with Crippen LogP contribution in [0.3, 0.4) is 0 Å². The second kappa shape index (κ2) is 5.29. The predicted octanol–water partition coefficient (Wildman–Crippen LogP) is 2.00. The van der Waals surface area contributed by atoms with Gasteiger partial charge in [-0.25, -0.2) is 0 Å². The molecule has 3 unspecified atom stereocenters. The first-order chi connectivity index (χ1) is 8.83. The minimum Gasteiger partial charge on any atom is -0.488 e. The highest BCUT2D eigenvalue weighted by Crippen LogP contribution is 2.27. The first kappa shape index (κ1) is 12.0. The molecule has 2 heterocycles. The molecule has 0 spiro atoms. The van der Waals surface area contributed by atoms with Crippen molar-refractivity contribution in [1.29, 1.82) is 0 Å². The van der Waals surface area contributed by atoms with E-state index in [0.29, 0.717) is 18.1 Å². The Labute approximate surface area is 108 Å². The second-order valence-electron chi connectivity index (χ2n) is 5.33. The van der Waals surface area contributed by atoms with Crippen LogP contribution in [0.1, 0.15) is 18.9 Å². The van der Waals surface area contributed by atoms with Gasteiger partial charge in [-0.1, -0.05) is 18.2 Å². The van der Waals surface area contributed by atoms with E-state index in [2.05, 4.69) is 30.4 Å². The lowest BCUT2D eigenvalue weighted by molar-refractivity contribution is 0.104. The Balaban J connectivity index is 1.43. The monoisotopic (exact) mass is 247 g/mol. The Morgan fingerprint density at radius 3 is 2.94 bits per heavy atom. The third-order valence-corrected chi connectivity index (χ3v) is 4.03. The van der Waals surface area contributed by atoms with Crippen molar-refractivity contribution in [3.63, 3.8) is 0 Å². The van der Waals surface area contributed by atoms with Gasteiger partial charge in [0.05, 0.1) is 6.10 Å². The van der Waals surface area contributed by atoms with Gasteiger partial charge in [0.15, 0.2) is 0 Å². The fraction of sp³-hybridized carbons (Fsp3) is 0.600. The van der Waals surface area contributed by atoms with Crippen molar-refractivity contribution in [3.8, 4) is 5.75 Å². The van der Waals surface area contributed by atoms with Gasteiger partial charge in [-0.3, -0.25) is 0 Å². The molecule has 1 saturated heterocycles. The summed E-state index contributed by atoms with van der Waals surface area (Å²) in [7, 11) is 0. The predicted molar refractivity (Wildman–Crippen MR) is 71.0 cm³/mol. The highest BCUT2D eigenvalue weighted by atomic mass is 16.5. The molecule has 3 nitrogen and oxygen atoms in total. The van der Waals surface area contributed by atoms with Gasteiger partial charge < -0.3 is 14.8 Å². The van der Waals surface area contributed by atoms with Crippen LogP contribution in [0.25, 0.3) is 0 Å². The average Bonchev–Trinajstić information content (AvgIpc) is 2.96. The number of nitrogens with one attached hydrogen (secondary N) is 1. The normalized spacial score (nSPS) is 30.2. The van der Waals surface area contributed by atoms with Crippen molar-refractivity contribution in [3.05, 3.63) is 29.8 Å². The summed E-state index contributed by atoms with van der Waals surface area (Å²) in [4.78, 5) is 0. The summed E-state index contributed by atoms with van der Waals surface area (Å²) in [5, 5.41) is 3.53. The van der Waals surface area contributed by atoms with Crippen molar-refractivity contribution in [2.45, 2.75) is 32.0 Å². The highest BCUT2D eigenvalue weighted by molar-refractivity contribution is 5.37. The molecule has 98 valence electrons. The fourth-order valence-electron chi connectivity index (χ4n) is 2.84. The Morgan fingerprint density at radius 2 is 2.17 bits per heavy atom. The smallest absolute Gasteiger partial charge is 0.123 e. The molecular weight excluding hydrogens is 226 g/mol. The lowest BCUT2D eigenvalue weighted by atomic mass is 10.0. The summed E-state index contributed by atoms with van der Waals surface area (Å²) in [5.74, 6) is 1.72. The van der Waals surface area contributed by atoms with Crippen LogP contribution in [0.2, 0.25) is 0 Å². The molecule has 2 aliphatic rings. The lowest BCUT2D eigenvalue weighted by Gasteiger charge is -2.17. The molecule has 0 amide bonds. The van der Waals surface area contributed by atoms with Crippen LogP contribution in [0.4, 0.5) is 0 Å². The molecule has 3 rings (SSSR count). The molecule has 0 aliphatic carbocycles. The van der Waals surface area contributed by atoms with Crippen molar-refractivity contribution in [2.75, 3.05) is 19.7 Å². The first-order valence-electron chi connectivity index (χ1n) is 6.90. The van der Waals surface area contributed by atoms with Gasteiger partial charge in [0.2, 0.25) is 0 Å². The Kier molecular flexibility index (Phi) is 3.52. The summed E-state index contributed by atoms with van der Waals surface area (Å²) in [5.41, 5.74) is 1.34. The number of hydrogen-bond donors (Lipinski definition) is 1. The number of hydrogen-bond acceptors (Lipinski definition) is 3. The summed E-state index contributed by atoms with van der Waals surface area (Å²) in [6.45, 7) is 5.05. The second-order valence-corrected chi connectivity index (χ2v) is 5.33. The van der Waals surface area contributed by atoms with Crippen molar-refractivity contribution < 1.29 is 9.47 Å². The molecule has 3 heteroatoms. The van der Waals surface area contributed by atoms with Gasteiger partial charge >= 0.3 is 0 Å². The Hall–Kier alpha value is -1.06. The molecule has 3 atom stereocenters. The first-order valence-corrected chi connectivity index (χ1v) is 6.90. The summed E-state index contributed by atoms with van der Waals surface area (Å²) in [6.07, 6.45) is 2.90. The summed E-state index contributed by atoms with van der Waals surface area (Å²) in [6, 6.07) is 8.33. The van der Waals surface area contributed by atoms with E-state index < -0.39 is 0 Å². The number of para-hydroxylation sites is 1. The molecule has 0 aromatic heterocycles. The largest absolute Gasteiger partial charge is 0.488 e. The van der Waals surface area contributed by atoms with Crippen LogP contribution in [0, 0.1) is 5.92 Å². The van der Waals surface area contributed by atoms with Crippen LogP contribution in [0.15, 0.2) is 24.3 Å². The maximum atomic E-state index is 5.90. The van der Waals surface area contributed by atoms with E-state index in [9.17, 15) is 0 Å². The topological polar surface area (TPSA) is 30.5 Å². The van der Waals surface area contributed by atoms with E-state index in [1.54, 1.807) is 0 Å². The molecule has 0 saturated carbocycles. The Bertz CT molecular complexity index is 382. The summed E-state index contributed by atoms with van der Waals surface area (Å²) < 4.78 is 11.5. The fourth-order valence-corrected chi connectivity index (χ4v) is 2.84. The molecule has 1 aromatic carbocycles. The number of ether oxygens (including phenoxy) is 2. The van der Waals surface area contributed by atoms with Gasteiger partial charge in [0.1, 0.15) is 11.9 Å². The quantitative estimate of drug-likeness (QED) is 0.883. The zero-order valence-electron chi connectivity index (χ0n) is 10.9. The van der Waals surface area contributed by atoms with Gasteiger partial charge in [0.25, 0.3) is 0 Å². The van der Waals surface area contributed by atoms with E-state index in [0.717, 1.165) is 31.9 Å². The third-order valence-electron chi connectivity index (χ3n) is 4.03. The number of benzene rings is 1. The minimum atomic E-state index is 0.292. The van der Waals surface area contributed by atoms with Crippen molar-refractivity contribution >= 4 is 0 Å². The zero-order valence-corrected chi connectivity index (χ0v) is 10.9. The van der Waals surface area contributed by atoms with E-state index >= 15 is 0 Å². The molecule has 1 N–H and O–H groups in total. The van der Waals surface area contributed by atoms with Gasteiger partial charge in [-0.2, -0.15) is 0 Å². The minimum absolute atomic E-state index is 0.292. The van der Waals surface area contributed by atoms with Gasteiger partial charge in [-0.05, 0) is 30.9 Å². The molecule has 0 bridgehead atoms. The summed E-state index contributed by atoms with van der Waals surface area (Å²) >= 11 is 0. The van der Waals surface area contributed by atoms with E-state index in [-0.39, 0.29) is 0 Å². The lowest BCUT2D eigenvalue weighted by Crippen LogP contribution is -2.35. The average molecular weight is 247 g/mol. The maximum Gasteiger partial charge on any atom is 0.123 e. The van der Waals surface area contributed by atoms with E-state index in [1.165, 1.54) is 12.0 Å². The standard InChI is InChI=1S/C15H21NO2/c1-11-13(6-7-17-11)9-16-10-14-8-12-4-2-3-5-15(12)18-14/h2-5,11,13-14,16H,6-10H2,1H3. The number of rotatable bonds is 4. The van der Waals surface area contributed by atoms with Crippen LogP contribution in [0.5, 0.6) is 5.75 Å².